The molecular formula is C12H18O2Si. The van der Waals surface area contributed by atoms with E-state index in [0.29, 0.717) is 0 Å². The normalized spacial score (nSPS) is 11.1. The summed E-state index contributed by atoms with van der Waals surface area (Å²) in [6.45, 7) is 8.32. The second-order valence-electron chi connectivity index (χ2n) is 4.28. The molecule has 0 aliphatic carbocycles. The summed E-state index contributed by atoms with van der Waals surface area (Å²) in [5, 5.41) is 8.88. The van der Waals surface area contributed by atoms with Crippen molar-refractivity contribution in [2.45, 2.75) is 19.7 Å². The van der Waals surface area contributed by atoms with Gasteiger partial charge in [-0.3, -0.25) is 0 Å². The van der Waals surface area contributed by atoms with E-state index in [4.69, 9.17) is 9.84 Å². The number of aliphatic hydroxyl groups excluding tert-OH is 1. The monoisotopic (exact) mass is 222 g/mol. The molecule has 0 saturated carbocycles. The molecule has 0 aliphatic heterocycles. The Morgan fingerprint density at radius 1 is 1.33 bits per heavy atom. The molecule has 0 radical (unpaired) electrons. The van der Waals surface area contributed by atoms with Crippen molar-refractivity contribution < 1.29 is 9.84 Å². The molecule has 0 fully saturated rings. The van der Waals surface area contributed by atoms with Crippen molar-refractivity contribution >= 4 is 8.07 Å². The second-order valence-corrected chi connectivity index (χ2v) is 8.96. The van der Waals surface area contributed by atoms with Gasteiger partial charge < -0.3 is 9.84 Å². The molecular weight excluding hydrogens is 204 g/mol. The lowest BCUT2D eigenvalue weighted by Crippen LogP contribution is -2.31. The Labute approximate surface area is 92.2 Å². The summed E-state index contributed by atoms with van der Waals surface area (Å²) < 4.78 is 5.67. The molecule has 0 heterocycles. The number of hydrogen-bond acceptors (Lipinski definition) is 2. The van der Waals surface area contributed by atoms with Gasteiger partial charge in [0.2, 0.25) is 0 Å². The average molecular weight is 222 g/mol. The minimum absolute atomic E-state index is 0.0766. The quantitative estimate of drug-likeness (QED) is 0.776. The zero-order valence-corrected chi connectivity index (χ0v) is 10.4. The van der Waals surface area contributed by atoms with Gasteiger partial charge in [-0.05, 0) is 17.7 Å². The summed E-state index contributed by atoms with van der Waals surface area (Å²) in [4.78, 5) is 0. The SMILES string of the molecule is C=C[Si](C)(C)COc1ccc(CO)cc1. The first-order chi connectivity index (χ1) is 7.07. The van der Waals surface area contributed by atoms with E-state index < -0.39 is 8.07 Å². The Bertz CT molecular complexity index is 317. The molecule has 0 aliphatic rings. The lowest BCUT2D eigenvalue weighted by atomic mass is 10.2. The van der Waals surface area contributed by atoms with Crippen LogP contribution in [0.2, 0.25) is 13.1 Å². The van der Waals surface area contributed by atoms with Crippen LogP contribution in [0.1, 0.15) is 5.56 Å². The largest absolute Gasteiger partial charge is 0.497 e. The van der Waals surface area contributed by atoms with Crippen molar-refractivity contribution in [3.63, 3.8) is 0 Å². The van der Waals surface area contributed by atoms with Crippen LogP contribution in [-0.2, 0) is 6.61 Å². The number of benzene rings is 1. The summed E-state index contributed by atoms with van der Waals surface area (Å²) in [5.41, 5.74) is 2.93. The molecule has 1 aromatic rings. The first kappa shape index (κ1) is 12.0. The zero-order chi connectivity index (χ0) is 11.3. The third-order valence-corrected chi connectivity index (χ3v) is 4.26. The van der Waals surface area contributed by atoms with Gasteiger partial charge in [0.15, 0.2) is 0 Å². The Morgan fingerprint density at radius 2 is 1.93 bits per heavy atom. The van der Waals surface area contributed by atoms with Crippen LogP contribution in [-0.4, -0.2) is 19.4 Å². The number of aliphatic hydroxyl groups is 1. The summed E-state index contributed by atoms with van der Waals surface area (Å²) in [5.74, 6) is 0.856. The van der Waals surface area contributed by atoms with Crippen LogP contribution in [0.25, 0.3) is 0 Å². The van der Waals surface area contributed by atoms with E-state index in [-0.39, 0.29) is 6.61 Å². The van der Waals surface area contributed by atoms with Gasteiger partial charge in [-0.2, -0.15) is 0 Å². The van der Waals surface area contributed by atoms with Crippen LogP contribution < -0.4 is 4.74 Å². The van der Waals surface area contributed by atoms with Gasteiger partial charge in [0, 0.05) is 0 Å². The minimum atomic E-state index is -1.39. The van der Waals surface area contributed by atoms with Gasteiger partial charge in [-0.25, -0.2) is 0 Å². The van der Waals surface area contributed by atoms with Gasteiger partial charge in [0.25, 0.3) is 0 Å². The summed E-state index contributed by atoms with van der Waals surface area (Å²) in [6, 6.07) is 7.52. The molecule has 1 aromatic carbocycles. The van der Waals surface area contributed by atoms with E-state index in [1.54, 1.807) is 0 Å². The van der Waals surface area contributed by atoms with E-state index >= 15 is 0 Å². The maximum Gasteiger partial charge on any atom is 0.118 e. The van der Waals surface area contributed by atoms with Gasteiger partial charge in [-0.15, -0.1) is 6.58 Å². The summed E-state index contributed by atoms with van der Waals surface area (Å²) in [7, 11) is -1.39. The fourth-order valence-corrected chi connectivity index (χ4v) is 1.68. The molecule has 2 nitrogen and oxygen atoms in total. The Balaban J connectivity index is 2.54. The molecule has 1 N–H and O–H groups in total. The van der Waals surface area contributed by atoms with E-state index in [0.717, 1.165) is 17.5 Å². The third-order valence-electron chi connectivity index (χ3n) is 2.27. The molecule has 0 spiro atoms. The molecule has 82 valence electrons. The number of ether oxygens (including phenoxy) is 1. The first-order valence-electron chi connectivity index (χ1n) is 5.03. The Hall–Kier alpha value is -1.06. The van der Waals surface area contributed by atoms with Crippen LogP contribution in [0, 0.1) is 0 Å². The molecule has 1 rings (SSSR count). The van der Waals surface area contributed by atoms with Crippen LogP contribution in [0.5, 0.6) is 5.75 Å². The molecule has 0 atom stereocenters. The molecule has 0 bridgehead atoms. The topological polar surface area (TPSA) is 29.5 Å². The lowest BCUT2D eigenvalue weighted by Gasteiger charge is -2.17. The van der Waals surface area contributed by atoms with Crippen molar-refractivity contribution in [2.24, 2.45) is 0 Å². The Morgan fingerprint density at radius 3 is 2.40 bits per heavy atom. The van der Waals surface area contributed by atoms with Gasteiger partial charge in [0.05, 0.1) is 12.8 Å². The maximum atomic E-state index is 8.88. The van der Waals surface area contributed by atoms with Gasteiger partial charge >= 0.3 is 0 Å². The number of hydrogen-bond donors (Lipinski definition) is 1. The molecule has 15 heavy (non-hydrogen) atoms. The minimum Gasteiger partial charge on any atom is -0.497 e. The fraction of sp³-hybridized carbons (Fsp3) is 0.333. The van der Waals surface area contributed by atoms with Crippen molar-refractivity contribution in [1.82, 2.24) is 0 Å². The van der Waals surface area contributed by atoms with Crippen LogP contribution >= 0.6 is 0 Å². The second kappa shape index (κ2) is 5.14. The zero-order valence-electron chi connectivity index (χ0n) is 9.36. The molecule has 0 saturated heterocycles. The third kappa shape index (κ3) is 3.89. The average Bonchev–Trinajstić information content (AvgIpc) is 2.27. The van der Waals surface area contributed by atoms with Crippen molar-refractivity contribution in [2.75, 3.05) is 6.23 Å². The summed E-state index contributed by atoms with van der Waals surface area (Å²) in [6.07, 6.45) is 0.745. The predicted molar refractivity (Wildman–Crippen MR) is 65.5 cm³/mol. The van der Waals surface area contributed by atoms with E-state index in [9.17, 15) is 0 Å². The highest BCUT2D eigenvalue weighted by molar-refractivity contribution is 6.82. The van der Waals surface area contributed by atoms with E-state index in [1.165, 1.54) is 0 Å². The van der Waals surface area contributed by atoms with Crippen molar-refractivity contribution in [3.05, 3.63) is 42.1 Å². The molecule has 0 aromatic heterocycles. The van der Waals surface area contributed by atoms with Crippen molar-refractivity contribution in [3.8, 4) is 5.75 Å². The summed E-state index contributed by atoms with van der Waals surface area (Å²) >= 11 is 0. The molecule has 0 amide bonds. The number of rotatable bonds is 5. The van der Waals surface area contributed by atoms with E-state index in [1.807, 2.05) is 30.0 Å². The Kier molecular flexibility index (Phi) is 4.12. The van der Waals surface area contributed by atoms with Crippen LogP contribution in [0.15, 0.2) is 36.5 Å². The first-order valence-corrected chi connectivity index (χ1v) is 8.32. The smallest absolute Gasteiger partial charge is 0.118 e. The van der Waals surface area contributed by atoms with Gasteiger partial charge in [0.1, 0.15) is 13.8 Å². The highest BCUT2D eigenvalue weighted by Gasteiger charge is 2.16. The highest BCUT2D eigenvalue weighted by atomic mass is 28.3. The highest BCUT2D eigenvalue weighted by Crippen LogP contribution is 2.14. The van der Waals surface area contributed by atoms with Gasteiger partial charge in [-0.1, -0.05) is 30.9 Å². The van der Waals surface area contributed by atoms with Crippen LogP contribution in [0.3, 0.4) is 0 Å². The standard InChI is InChI=1S/C12H18O2Si/c1-4-15(2,3)10-14-12-7-5-11(9-13)6-8-12/h4-8,13H,1,9-10H2,2-3H3. The van der Waals surface area contributed by atoms with E-state index in [2.05, 4.69) is 19.7 Å². The predicted octanol–water partition coefficient (Wildman–Crippen LogP) is 2.53. The van der Waals surface area contributed by atoms with Crippen molar-refractivity contribution in [1.29, 1.82) is 0 Å². The lowest BCUT2D eigenvalue weighted by molar-refractivity contribution is 0.281. The van der Waals surface area contributed by atoms with Crippen LogP contribution in [0.4, 0.5) is 0 Å². The molecule has 3 heteroatoms. The maximum absolute atomic E-state index is 8.88. The fourth-order valence-electron chi connectivity index (χ4n) is 1.02. The molecule has 0 unspecified atom stereocenters.